The Morgan fingerprint density at radius 3 is 2.34 bits per heavy atom. The van der Waals surface area contributed by atoms with E-state index in [1.165, 1.54) is 48.9 Å². The van der Waals surface area contributed by atoms with E-state index >= 15 is 8.78 Å². The zero-order valence-electron chi connectivity index (χ0n) is 22.3. The average molecular weight is 556 g/mol. The van der Waals surface area contributed by atoms with E-state index in [0.717, 1.165) is 0 Å². The molecule has 0 spiro atoms. The van der Waals surface area contributed by atoms with Gasteiger partial charge in [0.05, 0.1) is 22.0 Å². The molecule has 41 heavy (non-hydrogen) atoms. The van der Waals surface area contributed by atoms with Crippen LogP contribution >= 0.6 is 0 Å². The number of nitrogens with two attached hydrogens (primary N) is 1. The molecule has 4 aromatic heterocycles. The lowest BCUT2D eigenvalue weighted by Crippen LogP contribution is -2.16. The molecular formula is C30H24F3N7O. The van der Waals surface area contributed by atoms with Crippen molar-refractivity contribution in [3.8, 4) is 22.3 Å². The average Bonchev–Trinajstić information content (AvgIpc) is 3.29. The number of nitrogen functional groups attached to an aromatic ring is 1. The van der Waals surface area contributed by atoms with E-state index in [2.05, 4.69) is 20.3 Å². The molecule has 11 heteroatoms. The Morgan fingerprint density at radius 2 is 1.61 bits per heavy atom. The molecule has 0 saturated carbocycles. The Morgan fingerprint density at radius 1 is 0.854 bits per heavy atom. The second kappa shape index (κ2) is 9.77. The molecule has 0 saturated heterocycles. The van der Waals surface area contributed by atoms with Crippen molar-refractivity contribution in [3.05, 3.63) is 95.1 Å². The van der Waals surface area contributed by atoms with E-state index in [1.54, 1.807) is 30.1 Å². The standard InChI is InChI=1S/C30H24F3N7O/c1-15(2)40-13-19(16-4-6-17(31)7-5-16)27(41)24-22(40)10-11-35-29(24)38-21-9-8-18(25(32)26(21)33)20-12-39(3)30-23(20)28(34)36-14-37-30/h4-15H,1-3H3,(H,35,38)(H2,34,36,37). The molecule has 4 heterocycles. The number of aromatic nitrogens is 5. The van der Waals surface area contributed by atoms with Crippen LogP contribution in [-0.4, -0.2) is 24.1 Å². The van der Waals surface area contributed by atoms with Gasteiger partial charge in [0, 0.05) is 48.4 Å². The van der Waals surface area contributed by atoms with Gasteiger partial charge < -0.3 is 20.2 Å². The lowest BCUT2D eigenvalue weighted by molar-refractivity contribution is 0.514. The van der Waals surface area contributed by atoms with Gasteiger partial charge in [-0.15, -0.1) is 0 Å². The van der Waals surface area contributed by atoms with Crippen LogP contribution in [0.25, 0.3) is 44.2 Å². The summed E-state index contributed by atoms with van der Waals surface area (Å²) in [6.45, 7) is 3.90. The molecule has 0 unspecified atom stereocenters. The van der Waals surface area contributed by atoms with E-state index < -0.39 is 17.5 Å². The molecule has 2 aromatic carbocycles. The van der Waals surface area contributed by atoms with Crippen molar-refractivity contribution in [2.45, 2.75) is 19.9 Å². The van der Waals surface area contributed by atoms with E-state index in [9.17, 15) is 9.18 Å². The second-order valence-corrected chi connectivity index (χ2v) is 9.96. The van der Waals surface area contributed by atoms with E-state index in [1.807, 2.05) is 18.4 Å². The molecule has 0 amide bonds. The molecule has 0 fully saturated rings. The zero-order chi connectivity index (χ0) is 29.0. The summed E-state index contributed by atoms with van der Waals surface area (Å²) in [5, 5.41) is 3.42. The van der Waals surface area contributed by atoms with Crippen LogP contribution in [0.4, 0.5) is 30.5 Å². The fourth-order valence-corrected chi connectivity index (χ4v) is 5.07. The molecule has 0 bridgehead atoms. The van der Waals surface area contributed by atoms with Crippen molar-refractivity contribution in [3.63, 3.8) is 0 Å². The Balaban J connectivity index is 1.50. The summed E-state index contributed by atoms with van der Waals surface area (Å²) in [6, 6.07) is 10.0. The highest BCUT2D eigenvalue weighted by Crippen LogP contribution is 2.37. The van der Waals surface area contributed by atoms with Crippen molar-refractivity contribution >= 4 is 39.3 Å². The molecule has 6 aromatic rings. The van der Waals surface area contributed by atoms with Gasteiger partial charge in [-0.2, -0.15) is 0 Å². The van der Waals surface area contributed by atoms with Crippen LogP contribution in [-0.2, 0) is 7.05 Å². The van der Waals surface area contributed by atoms with E-state index in [4.69, 9.17) is 5.73 Å². The number of nitrogens with one attached hydrogen (secondary N) is 1. The maximum atomic E-state index is 15.6. The topological polar surface area (TPSA) is 104 Å². The van der Waals surface area contributed by atoms with Crippen LogP contribution in [0, 0.1) is 17.5 Å². The van der Waals surface area contributed by atoms with Crippen molar-refractivity contribution in [2.24, 2.45) is 7.05 Å². The summed E-state index contributed by atoms with van der Waals surface area (Å²) in [6.07, 6.45) is 6.11. The van der Waals surface area contributed by atoms with Gasteiger partial charge in [-0.1, -0.05) is 12.1 Å². The Labute approximate surface area is 231 Å². The monoisotopic (exact) mass is 555 g/mol. The highest BCUT2D eigenvalue weighted by molar-refractivity contribution is 6.01. The number of halogens is 3. The van der Waals surface area contributed by atoms with Gasteiger partial charge in [0.15, 0.2) is 11.6 Å². The normalized spacial score (nSPS) is 11.6. The number of hydrogen-bond donors (Lipinski definition) is 2. The minimum Gasteiger partial charge on any atom is -0.383 e. The second-order valence-electron chi connectivity index (χ2n) is 9.96. The number of aryl methyl sites for hydroxylation is 1. The maximum absolute atomic E-state index is 15.6. The third kappa shape index (κ3) is 4.26. The Bertz CT molecular complexity index is 2030. The van der Waals surface area contributed by atoms with E-state index in [-0.39, 0.29) is 39.7 Å². The lowest BCUT2D eigenvalue weighted by Gasteiger charge is -2.19. The molecule has 206 valence electrons. The fourth-order valence-electron chi connectivity index (χ4n) is 5.07. The summed E-state index contributed by atoms with van der Waals surface area (Å²) in [5.41, 5.74) is 7.63. The predicted octanol–water partition coefficient (Wildman–Crippen LogP) is 6.34. The van der Waals surface area contributed by atoms with Crippen LogP contribution in [0.2, 0.25) is 0 Å². The summed E-state index contributed by atoms with van der Waals surface area (Å²) in [4.78, 5) is 26.3. The van der Waals surface area contributed by atoms with Gasteiger partial charge in [-0.25, -0.2) is 28.1 Å². The van der Waals surface area contributed by atoms with Gasteiger partial charge in [-0.3, -0.25) is 4.79 Å². The van der Waals surface area contributed by atoms with Crippen LogP contribution in [0.5, 0.6) is 0 Å². The Kier molecular flexibility index (Phi) is 6.21. The maximum Gasteiger partial charge on any atom is 0.200 e. The predicted molar refractivity (Wildman–Crippen MR) is 153 cm³/mol. The SMILES string of the molecule is CC(C)n1cc(-c2ccc(F)cc2)c(=O)c2c(Nc3ccc(-c4cn(C)c5ncnc(N)c45)c(F)c3F)nccc21. The summed E-state index contributed by atoms with van der Waals surface area (Å²) in [7, 11) is 1.72. The van der Waals surface area contributed by atoms with E-state index in [0.29, 0.717) is 33.2 Å². The van der Waals surface area contributed by atoms with Crippen molar-refractivity contribution in [2.75, 3.05) is 11.1 Å². The molecule has 6 rings (SSSR count). The molecule has 8 nitrogen and oxygen atoms in total. The number of hydrogen-bond acceptors (Lipinski definition) is 6. The largest absolute Gasteiger partial charge is 0.383 e. The number of nitrogens with zero attached hydrogens (tertiary/aromatic N) is 5. The quantitative estimate of drug-likeness (QED) is 0.257. The van der Waals surface area contributed by atoms with Crippen LogP contribution in [0.1, 0.15) is 19.9 Å². The number of benzene rings is 2. The first kappa shape index (κ1) is 26.1. The smallest absolute Gasteiger partial charge is 0.200 e. The highest BCUT2D eigenvalue weighted by atomic mass is 19.2. The summed E-state index contributed by atoms with van der Waals surface area (Å²) in [5.74, 6) is -2.50. The molecule has 0 atom stereocenters. The molecule has 0 aliphatic rings. The number of anilines is 3. The van der Waals surface area contributed by atoms with Gasteiger partial charge in [0.2, 0.25) is 5.43 Å². The highest BCUT2D eigenvalue weighted by Gasteiger charge is 2.22. The fraction of sp³-hybridized carbons (Fsp3) is 0.133. The minimum absolute atomic E-state index is 0.0215. The molecule has 0 aliphatic heterocycles. The first-order valence-electron chi connectivity index (χ1n) is 12.8. The molecule has 0 radical (unpaired) electrons. The van der Waals surface area contributed by atoms with Gasteiger partial charge in [-0.05, 0) is 49.7 Å². The first-order valence-corrected chi connectivity index (χ1v) is 12.8. The van der Waals surface area contributed by atoms with Crippen molar-refractivity contribution in [1.82, 2.24) is 24.1 Å². The molecule has 3 N–H and O–H groups in total. The molecule has 0 aliphatic carbocycles. The third-order valence-corrected chi connectivity index (χ3v) is 7.07. The van der Waals surface area contributed by atoms with Crippen molar-refractivity contribution < 1.29 is 13.2 Å². The van der Waals surface area contributed by atoms with Crippen molar-refractivity contribution in [1.29, 1.82) is 0 Å². The number of fused-ring (bicyclic) bond motifs is 2. The minimum atomic E-state index is -1.16. The number of pyridine rings is 2. The van der Waals surface area contributed by atoms with Gasteiger partial charge in [0.1, 0.15) is 29.4 Å². The zero-order valence-corrected chi connectivity index (χ0v) is 22.3. The van der Waals surface area contributed by atoms with Gasteiger partial charge in [0.25, 0.3) is 0 Å². The Hall–Kier alpha value is -5.19. The first-order chi connectivity index (χ1) is 19.7. The van der Waals surface area contributed by atoms with Gasteiger partial charge >= 0.3 is 0 Å². The van der Waals surface area contributed by atoms with Crippen LogP contribution < -0.4 is 16.5 Å². The summed E-state index contributed by atoms with van der Waals surface area (Å²) >= 11 is 0. The van der Waals surface area contributed by atoms with Crippen LogP contribution in [0.15, 0.2) is 72.2 Å². The van der Waals surface area contributed by atoms with Crippen LogP contribution in [0.3, 0.4) is 0 Å². The molecular weight excluding hydrogens is 531 g/mol. The third-order valence-electron chi connectivity index (χ3n) is 7.07. The lowest BCUT2D eigenvalue weighted by atomic mass is 10.0. The summed E-state index contributed by atoms with van der Waals surface area (Å²) < 4.78 is 48.3. The number of rotatable bonds is 5.